The third-order valence-corrected chi connectivity index (χ3v) is 3.36. The van der Waals surface area contributed by atoms with Crippen LogP contribution in [0.1, 0.15) is 24.2 Å². The van der Waals surface area contributed by atoms with Crippen LogP contribution in [-0.4, -0.2) is 49.1 Å². The summed E-state index contributed by atoms with van der Waals surface area (Å²) in [5.74, 6) is 0. The van der Waals surface area contributed by atoms with Crippen LogP contribution >= 0.6 is 0 Å². The molecule has 1 fully saturated rings. The summed E-state index contributed by atoms with van der Waals surface area (Å²) < 4.78 is 5.96. The molecule has 0 aromatic heterocycles. The van der Waals surface area contributed by atoms with Crippen LogP contribution in [0.5, 0.6) is 0 Å². The molecule has 0 N–H and O–H groups in total. The van der Waals surface area contributed by atoms with E-state index in [0.717, 1.165) is 5.56 Å². The second kappa shape index (κ2) is 5.61. The minimum Gasteiger partial charge on any atom is -0.367 e. The fourth-order valence-corrected chi connectivity index (χ4v) is 2.36. The topological polar surface area (TPSA) is 32.8 Å². The fourth-order valence-electron chi connectivity index (χ4n) is 2.36. The minimum atomic E-state index is -0.0340. The average Bonchev–Trinajstić information content (AvgIpc) is 2.37. The zero-order valence-corrected chi connectivity index (χ0v) is 12.1. The highest BCUT2D eigenvalue weighted by atomic mass is 16.5. The van der Waals surface area contributed by atoms with Gasteiger partial charge in [-0.05, 0) is 19.4 Å². The number of carbonyl (C=O) groups is 1. The highest BCUT2D eigenvalue weighted by molar-refractivity contribution is 5.74. The molecule has 1 aromatic rings. The molecule has 1 heterocycles. The monoisotopic (exact) mass is 262 g/mol. The van der Waals surface area contributed by atoms with Crippen LogP contribution < -0.4 is 0 Å². The number of nitrogens with zero attached hydrogens (tertiary/aromatic N) is 2. The fraction of sp³-hybridized carbons (Fsp3) is 0.533. The van der Waals surface area contributed by atoms with Crippen molar-refractivity contribution in [3.8, 4) is 0 Å². The molecule has 0 saturated carbocycles. The van der Waals surface area contributed by atoms with Gasteiger partial charge in [-0.2, -0.15) is 0 Å². The number of morpholine rings is 1. The summed E-state index contributed by atoms with van der Waals surface area (Å²) in [5.41, 5.74) is 2.36. The van der Waals surface area contributed by atoms with Gasteiger partial charge in [0.15, 0.2) is 0 Å². The summed E-state index contributed by atoms with van der Waals surface area (Å²) in [6, 6.07) is 8.37. The first-order chi connectivity index (χ1) is 8.97. The van der Waals surface area contributed by atoms with Crippen LogP contribution in [0.15, 0.2) is 24.3 Å². The van der Waals surface area contributed by atoms with Gasteiger partial charge >= 0.3 is 6.03 Å². The zero-order valence-electron chi connectivity index (χ0n) is 12.1. The van der Waals surface area contributed by atoms with Crippen molar-refractivity contribution < 1.29 is 9.53 Å². The van der Waals surface area contributed by atoms with Crippen molar-refractivity contribution in [3.63, 3.8) is 0 Å². The van der Waals surface area contributed by atoms with E-state index in [1.54, 1.807) is 19.0 Å². The Bertz CT molecular complexity index is 442. The molecule has 2 rings (SSSR count). The molecule has 1 saturated heterocycles. The van der Waals surface area contributed by atoms with Gasteiger partial charge in [-0.25, -0.2) is 4.79 Å². The van der Waals surface area contributed by atoms with E-state index in [4.69, 9.17) is 4.74 Å². The zero-order chi connectivity index (χ0) is 14.0. The minimum absolute atomic E-state index is 0.0340. The third-order valence-electron chi connectivity index (χ3n) is 3.36. The smallest absolute Gasteiger partial charge is 0.319 e. The summed E-state index contributed by atoms with van der Waals surface area (Å²) in [5, 5.41) is 0. The van der Waals surface area contributed by atoms with Crippen molar-refractivity contribution in [1.29, 1.82) is 0 Å². The van der Waals surface area contributed by atoms with Crippen molar-refractivity contribution in [2.24, 2.45) is 0 Å². The average molecular weight is 262 g/mol. The van der Waals surface area contributed by atoms with Gasteiger partial charge in [-0.1, -0.05) is 29.8 Å². The van der Waals surface area contributed by atoms with Gasteiger partial charge in [0, 0.05) is 20.6 Å². The number of carbonyl (C=O) groups excluding carboxylic acids is 1. The maximum Gasteiger partial charge on any atom is 0.319 e. The van der Waals surface area contributed by atoms with Crippen LogP contribution in [0.3, 0.4) is 0 Å². The summed E-state index contributed by atoms with van der Waals surface area (Å²) >= 11 is 0. The van der Waals surface area contributed by atoms with E-state index in [9.17, 15) is 4.79 Å². The number of benzene rings is 1. The maximum atomic E-state index is 12.1. The number of ether oxygens (including phenoxy) is 1. The predicted octanol–water partition coefficient (Wildman–Crippen LogP) is 2.44. The summed E-state index contributed by atoms with van der Waals surface area (Å²) in [4.78, 5) is 15.5. The second-order valence-electron chi connectivity index (χ2n) is 5.43. The Kier molecular flexibility index (Phi) is 4.10. The standard InChI is InChI=1S/C15H22N2O2/c1-11-5-7-13(8-6-11)14-10-17(9-12(2)19-14)15(18)16(3)4/h5-8,12,14H,9-10H2,1-4H3. The SMILES string of the molecule is Cc1ccc(C2CN(C(=O)N(C)C)CC(C)O2)cc1. The first kappa shape index (κ1) is 13.9. The van der Waals surface area contributed by atoms with E-state index in [-0.39, 0.29) is 18.2 Å². The highest BCUT2D eigenvalue weighted by Gasteiger charge is 2.29. The van der Waals surface area contributed by atoms with Gasteiger partial charge in [0.2, 0.25) is 0 Å². The van der Waals surface area contributed by atoms with Crippen molar-refractivity contribution in [3.05, 3.63) is 35.4 Å². The van der Waals surface area contributed by atoms with E-state index in [0.29, 0.717) is 13.1 Å². The van der Waals surface area contributed by atoms with Gasteiger partial charge in [0.25, 0.3) is 0 Å². The Hall–Kier alpha value is -1.55. The van der Waals surface area contributed by atoms with E-state index >= 15 is 0 Å². The van der Waals surface area contributed by atoms with Crippen LogP contribution in [0.25, 0.3) is 0 Å². The lowest BCUT2D eigenvalue weighted by Gasteiger charge is -2.38. The Morgan fingerprint density at radius 1 is 1.26 bits per heavy atom. The number of urea groups is 1. The summed E-state index contributed by atoms with van der Waals surface area (Å²) in [6.45, 7) is 5.34. The highest BCUT2D eigenvalue weighted by Crippen LogP contribution is 2.25. The first-order valence-corrected chi connectivity index (χ1v) is 6.65. The normalized spacial score (nSPS) is 23.3. The van der Waals surface area contributed by atoms with E-state index in [1.165, 1.54) is 5.56 Å². The van der Waals surface area contributed by atoms with Crippen LogP contribution in [0, 0.1) is 6.92 Å². The molecule has 0 aliphatic carbocycles. The van der Waals surface area contributed by atoms with Crippen LogP contribution in [0.2, 0.25) is 0 Å². The Morgan fingerprint density at radius 3 is 2.47 bits per heavy atom. The van der Waals surface area contributed by atoms with E-state index < -0.39 is 0 Å². The van der Waals surface area contributed by atoms with E-state index in [1.807, 2.05) is 11.8 Å². The molecule has 1 aliphatic rings. The summed E-state index contributed by atoms with van der Waals surface area (Å²) in [6.07, 6.45) is 0.0252. The van der Waals surface area contributed by atoms with E-state index in [2.05, 4.69) is 31.2 Å². The lowest BCUT2D eigenvalue weighted by molar-refractivity contribution is -0.0680. The molecule has 0 radical (unpaired) electrons. The number of hydrogen-bond acceptors (Lipinski definition) is 2. The molecule has 0 bridgehead atoms. The molecule has 2 amide bonds. The number of rotatable bonds is 1. The molecule has 2 atom stereocenters. The van der Waals surface area contributed by atoms with Crippen molar-refractivity contribution in [1.82, 2.24) is 9.80 Å². The summed E-state index contributed by atoms with van der Waals surface area (Å²) in [7, 11) is 3.56. The Labute approximate surface area is 115 Å². The predicted molar refractivity (Wildman–Crippen MR) is 75.1 cm³/mol. The maximum absolute atomic E-state index is 12.1. The molecule has 4 nitrogen and oxygen atoms in total. The molecular weight excluding hydrogens is 240 g/mol. The molecule has 0 spiro atoms. The second-order valence-corrected chi connectivity index (χ2v) is 5.43. The van der Waals surface area contributed by atoms with Crippen molar-refractivity contribution in [2.45, 2.75) is 26.1 Å². The molecule has 2 unspecified atom stereocenters. The lowest BCUT2D eigenvalue weighted by atomic mass is 10.1. The molecule has 4 heteroatoms. The van der Waals surface area contributed by atoms with Crippen molar-refractivity contribution in [2.75, 3.05) is 27.2 Å². The van der Waals surface area contributed by atoms with Gasteiger partial charge in [0.1, 0.15) is 6.10 Å². The first-order valence-electron chi connectivity index (χ1n) is 6.65. The Morgan fingerprint density at radius 2 is 1.89 bits per heavy atom. The van der Waals surface area contributed by atoms with Gasteiger partial charge < -0.3 is 14.5 Å². The van der Waals surface area contributed by atoms with Crippen LogP contribution in [0.4, 0.5) is 4.79 Å². The van der Waals surface area contributed by atoms with Crippen LogP contribution in [-0.2, 0) is 4.74 Å². The molecule has 1 aromatic carbocycles. The van der Waals surface area contributed by atoms with Gasteiger partial charge in [-0.3, -0.25) is 0 Å². The molecule has 19 heavy (non-hydrogen) atoms. The van der Waals surface area contributed by atoms with Gasteiger partial charge in [0.05, 0.1) is 12.6 Å². The third kappa shape index (κ3) is 3.26. The number of amides is 2. The lowest BCUT2D eigenvalue weighted by Crippen LogP contribution is -2.49. The number of hydrogen-bond donors (Lipinski definition) is 0. The molecular formula is C15H22N2O2. The molecule has 1 aliphatic heterocycles. The number of aryl methyl sites for hydroxylation is 1. The van der Waals surface area contributed by atoms with Gasteiger partial charge in [-0.15, -0.1) is 0 Å². The largest absolute Gasteiger partial charge is 0.367 e. The molecule has 104 valence electrons. The van der Waals surface area contributed by atoms with Crippen molar-refractivity contribution >= 4 is 6.03 Å². The quantitative estimate of drug-likeness (QED) is 0.778. The Balaban J connectivity index is 2.13.